The lowest BCUT2D eigenvalue weighted by atomic mass is 10.0. The molecule has 0 saturated carbocycles. The molecule has 5 nitrogen and oxygen atoms in total. The molecule has 0 amide bonds. The summed E-state index contributed by atoms with van der Waals surface area (Å²) in [5.74, 6) is 0. The average molecular weight is 340 g/mol. The fraction of sp³-hybridized carbons (Fsp3) is 0.444. The van der Waals surface area contributed by atoms with E-state index in [4.69, 9.17) is 4.74 Å². The van der Waals surface area contributed by atoms with Gasteiger partial charge in [-0.15, -0.1) is 5.10 Å². The van der Waals surface area contributed by atoms with Gasteiger partial charge in [0, 0.05) is 29.4 Å². The predicted molar refractivity (Wildman–Crippen MR) is 95.4 cm³/mol. The highest BCUT2D eigenvalue weighted by atomic mass is 32.1. The van der Waals surface area contributed by atoms with Crippen LogP contribution in [0.15, 0.2) is 30.5 Å². The van der Waals surface area contributed by atoms with Crippen LogP contribution in [0.3, 0.4) is 0 Å². The van der Waals surface area contributed by atoms with Crippen molar-refractivity contribution in [2.75, 3.05) is 7.05 Å². The number of ether oxygens (including phenoxy) is 1. The van der Waals surface area contributed by atoms with Gasteiger partial charge in [0.05, 0.1) is 0 Å². The van der Waals surface area contributed by atoms with Crippen molar-refractivity contribution in [1.29, 1.82) is 0 Å². The Bertz CT molecular complexity index is 859. The second kappa shape index (κ2) is 5.57. The number of hydrogen-bond acceptors (Lipinski definition) is 5. The summed E-state index contributed by atoms with van der Waals surface area (Å²) < 4.78 is 6.17. The molecule has 0 radical (unpaired) electrons. The lowest BCUT2D eigenvalue weighted by Gasteiger charge is -2.35. The summed E-state index contributed by atoms with van der Waals surface area (Å²) in [6, 6.07) is 9.75. The van der Waals surface area contributed by atoms with Crippen LogP contribution in [-0.4, -0.2) is 45.3 Å². The number of aromatic nitrogens is 3. The zero-order valence-electron chi connectivity index (χ0n) is 13.6. The molecule has 2 bridgehead atoms. The predicted octanol–water partition coefficient (Wildman–Crippen LogP) is 3.69. The van der Waals surface area contributed by atoms with E-state index in [-0.39, 0.29) is 6.10 Å². The van der Waals surface area contributed by atoms with Crippen molar-refractivity contribution in [3.63, 3.8) is 0 Å². The van der Waals surface area contributed by atoms with Gasteiger partial charge in [0.1, 0.15) is 6.10 Å². The fourth-order valence-electron chi connectivity index (χ4n) is 4.16. The van der Waals surface area contributed by atoms with Crippen LogP contribution < -0.4 is 4.74 Å². The van der Waals surface area contributed by atoms with Gasteiger partial charge in [-0.05, 0) is 50.2 Å². The number of nitrogens with zero attached hydrogens (tertiary/aromatic N) is 3. The van der Waals surface area contributed by atoms with Gasteiger partial charge in [-0.25, -0.2) is 0 Å². The quantitative estimate of drug-likeness (QED) is 0.790. The zero-order valence-corrected chi connectivity index (χ0v) is 14.4. The average Bonchev–Trinajstić information content (AvgIpc) is 3.27. The number of nitrogens with one attached hydrogen (secondary N) is 1. The minimum absolute atomic E-state index is 0.283. The van der Waals surface area contributed by atoms with Crippen LogP contribution in [0.5, 0.6) is 5.19 Å². The van der Waals surface area contributed by atoms with Crippen LogP contribution in [0.4, 0.5) is 0 Å². The Balaban J connectivity index is 1.34. The Morgan fingerprint density at radius 1 is 1.17 bits per heavy atom. The van der Waals surface area contributed by atoms with Gasteiger partial charge < -0.3 is 14.6 Å². The molecule has 2 aromatic heterocycles. The standard InChI is InChI=1S/C18H20N4OS/c1-22-13-4-5-14(22)10-15(9-13)23-18-21-20-17(24-18)12-3-2-11-6-7-19-16(11)8-12/h2-3,6-8,13-15,19H,4-5,9-10H2,1H3. The van der Waals surface area contributed by atoms with E-state index in [2.05, 4.69) is 51.4 Å². The van der Waals surface area contributed by atoms with E-state index in [1.54, 1.807) is 11.3 Å². The Morgan fingerprint density at radius 3 is 2.83 bits per heavy atom. The first-order valence-corrected chi connectivity index (χ1v) is 9.37. The molecule has 3 aromatic rings. The van der Waals surface area contributed by atoms with Crippen LogP contribution in [0.25, 0.3) is 21.5 Å². The minimum Gasteiger partial charge on any atom is -0.465 e. The first-order chi connectivity index (χ1) is 11.8. The highest BCUT2D eigenvalue weighted by Gasteiger charge is 2.39. The van der Waals surface area contributed by atoms with E-state index < -0.39 is 0 Å². The summed E-state index contributed by atoms with van der Waals surface area (Å²) in [4.78, 5) is 5.77. The Morgan fingerprint density at radius 2 is 2.00 bits per heavy atom. The van der Waals surface area contributed by atoms with E-state index in [1.807, 2.05) is 6.20 Å². The number of hydrogen-bond donors (Lipinski definition) is 1. The summed E-state index contributed by atoms with van der Waals surface area (Å²) in [5.41, 5.74) is 2.21. The summed E-state index contributed by atoms with van der Waals surface area (Å²) in [6.07, 6.45) is 7.06. The second-order valence-electron chi connectivity index (χ2n) is 6.91. The smallest absolute Gasteiger partial charge is 0.294 e. The Kier molecular flexibility index (Phi) is 3.35. The maximum atomic E-state index is 6.17. The minimum atomic E-state index is 0.283. The third-order valence-electron chi connectivity index (χ3n) is 5.53. The van der Waals surface area contributed by atoms with Crippen LogP contribution >= 0.6 is 11.3 Å². The Hall–Kier alpha value is -1.92. The van der Waals surface area contributed by atoms with Crippen molar-refractivity contribution >= 4 is 22.2 Å². The summed E-state index contributed by atoms with van der Waals surface area (Å²) in [7, 11) is 2.25. The van der Waals surface area contributed by atoms with Crippen LogP contribution in [0.1, 0.15) is 25.7 Å². The normalized spacial score (nSPS) is 27.0. The van der Waals surface area contributed by atoms with E-state index >= 15 is 0 Å². The molecule has 5 rings (SSSR count). The molecule has 2 unspecified atom stereocenters. The first-order valence-electron chi connectivity index (χ1n) is 8.56. The third kappa shape index (κ3) is 2.41. The second-order valence-corrected chi connectivity index (χ2v) is 7.85. The molecule has 4 heterocycles. The molecule has 1 N–H and O–H groups in total. The molecule has 0 aliphatic carbocycles. The van der Waals surface area contributed by atoms with E-state index in [1.165, 1.54) is 18.2 Å². The van der Waals surface area contributed by atoms with Gasteiger partial charge in [0.15, 0.2) is 5.01 Å². The van der Waals surface area contributed by atoms with Gasteiger partial charge in [0.25, 0.3) is 5.19 Å². The maximum Gasteiger partial charge on any atom is 0.294 e. The molecule has 2 saturated heterocycles. The fourth-order valence-corrected chi connectivity index (χ4v) is 4.91. The number of piperidine rings is 1. The highest BCUT2D eigenvalue weighted by molar-refractivity contribution is 7.16. The van der Waals surface area contributed by atoms with Crippen molar-refractivity contribution in [3.8, 4) is 15.8 Å². The number of fused-ring (bicyclic) bond motifs is 3. The van der Waals surface area contributed by atoms with Crippen molar-refractivity contribution in [3.05, 3.63) is 30.5 Å². The topological polar surface area (TPSA) is 54.0 Å². The lowest BCUT2D eigenvalue weighted by molar-refractivity contribution is 0.0655. The maximum absolute atomic E-state index is 6.17. The van der Waals surface area contributed by atoms with Crippen LogP contribution in [-0.2, 0) is 0 Å². The summed E-state index contributed by atoms with van der Waals surface area (Å²) in [5, 5.41) is 11.4. The van der Waals surface area contributed by atoms with Crippen LogP contribution in [0, 0.1) is 0 Å². The van der Waals surface area contributed by atoms with Gasteiger partial charge >= 0.3 is 0 Å². The Labute approximate surface area is 144 Å². The molecule has 2 aliphatic heterocycles. The molecular formula is C18H20N4OS. The molecule has 2 atom stereocenters. The van der Waals surface area contributed by atoms with Gasteiger partial charge in [0.2, 0.25) is 0 Å². The summed E-state index contributed by atoms with van der Waals surface area (Å²) in [6.45, 7) is 0. The zero-order chi connectivity index (χ0) is 16.1. The van der Waals surface area contributed by atoms with E-state index in [9.17, 15) is 0 Å². The molecule has 2 aliphatic rings. The molecule has 24 heavy (non-hydrogen) atoms. The third-order valence-corrected chi connectivity index (χ3v) is 6.39. The molecular weight excluding hydrogens is 320 g/mol. The van der Waals surface area contributed by atoms with Crippen molar-refractivity contribution < 1.29 is 4.74 Å². The number of H-pyrrole nitrogens is 1. The first kappa shape index (κ1) is 14.4. The van der Waals surface area contributed by atoms with Gasteiger partial charge in [-0.2, -0.15) is 0 Å². The van der Waals surface area contributed by atoms with Gasteiger partial charge in [-0.3, -0.25) is 0 Å². The molecule has 124 valence electrons. The van der Waals surface area contributed by atoms with E-state index in [0.717, 1.165) is 28.9 Å². The molecule has 0 spiro atoms. The van der Waals surface area contributed by atoms with E-state index in [0.29, 0.717) is 17.3 Å². The van der Waals surface area contributed by atoms with Crippen molar-refractivity contribution in [2.45, 2.75) is 43.9 Å². The highest BCUT2D eigenvalue weighted by Crippen LogP contribution is 2.37. The number of aromatic amines is 1. The van der Waals surface area contributed by atoms with Crippen molar-refractivity contribution in [2.24, 2.45) is 0 Å². The molecule has 2 fully saturated rings. The monoisotopic (exact) mass is 340 g/mol. The SMILES string of the molecule is CN1C2CCC1CC(Oc1nnc(-c3ccc4cc[nH]c4c3)s1)C2. The number of rotatable bonds is 3. The summed E-state index contributed by atoms with van der Waals surface area (Å²) >= 11 is 1.54. The molecule has 6 heteroatoms. The largest absolute Gasteiger partial charge is 0.465 e. The number of benzene rings is 1. The van der Waals surface area contributed by atoms with Gasteiger partial charge in [-0.1, -0.05) is 28.6 Å². The van der Waals surface area contributed by atoms with Crippen molar-refractivity contribution in [1.82, 2.24) is 20.1 Å². The molecule has 1 aromatic carbocycles. The lowest BCUT2D eigenvalue weighted by Crippen LogP contribution is -2.43. The van der Waals surface area contributed by atoms with Crippen LogP contribution in [0.2, 0.25) is 0 Å².